The van der Waals surface area contributed by atoms with Crippen LogP contribution in [0.1, 0.15) is 16.8 Å². The minimum Gasteiger partial charge on any atom is -0.478 e. The fraction of sp³-hybridized carbons (Fsp3) is 0.500. The molecule has 6 heteroatoms. The van der Waals surface area contributed by atoms with Gasteiger partial charge in [-0.3, -0.25) is 0 Å². The van der Waals surface area contributed by atoms with Gasteiger partial charge in [-0.25, -0.2) is 9.78 Å². The van der Waals surface area contributed by atoms with Crippen molar-refractivity contribution >= 4 is 23.4 Å². The third-order valence-electron chi connectivity index (χ3n) is 3.29. The first-order chi connectivity index (χ1) is 8.50. The quantitative estimate of drug-likeness (QED) is 0.903. The van der Waals surface area contributed by atoms with Crippen LogP contribution < -0.4 is 4.90 Å². The number of pyridine rings is 1. The highest BCUT2D eigenvalue weighted by Gasteiger charge is 2.27. The van der Waals surface area contributed by atoms with Crippen LogP contribution in [-0.4, -0.2) is 54.2 Å². The van der Waals surface area contributed by atoms with Crippen molar-refractivity contribution in [3.63, 3.8) is 0 Å². The number of aromatic nitrogens is 1. The highest BCUT2D eigenvalue weighted by atomic mass is 35.5. The van der Waals surface area contributed by atoms with Crippen molar-refractivity contribution in [1.82, 2.24) is 9.88 Å². The van der Waals surface area contributed by atoms with E-state index in [-0.39, 0.29) is 10.6 Å². The molecule has 1 atom stereocenters. The molecule has 0 radical (unpaired) electrons. The predicted octanol–water partition coefficient (Wildman–Crippen LogP) is 1.57. The number of halogens is 1. The van der Waals surface area contributed by atoms with Crippen molar-refractivity contribution < 1.29 is 9.90 Å². The van der Waals surface area contributed by atoms with E-state index in [1.54, 1.807) is 0 Å². The summed E-state index contributed by atoms with van der Waals surface area (Å²) in [5.41, 5.74) is 0.106. The number of rotatable bonds is 3. The normalized spacial score (nSPS) is 19.6. The number of nitrogens with zero attached hydrogens (tertiary/aromatic N) is 3. The minimum absolute atomic E-state index is 0.106. The van der Waals surface area contributed by atoms with Gasteiger partial charge in [0, 0.05) is 25.3 Å². The zero-order valence-electron chi connectivity index (χ0n) is 10.4. The van der Waals surface area contributed by atoms with Gasteiger partial charge in [-0.05, 0) is 26.6 Å². The molecule has 1 aliphatic rings. The van der Waals surface area contributed by atoms with Crippen molar-refractivity contribution in [1.29, 1.82) is 0 Å². The summed E-state index contributed by atoms with van der Waals surface area (Å²) >= 11 is 6.11. The molecule has 0 bridgehead atoms. The van der Waals surface area contributed by atoms with Gasteiger partial charge in [-0.15, -0.1) is 0 Å². The summed E-state index contributed by atoms with van der Waals surface area (Å²) in [5, 5.41) is 9.26. The van der Waals surface area contributed by atoms with Crippen LogP contribution in [0.5, 0.6) is 0 Å². The summed E-state index contributed by atoms with van der Waals surface area (Å²) in [6.07, 6.45) is 2.52. The molecule has 0 spiro atoms. The molecule has 1 aliphatic heterocycles. The summed E-state index contributed by atoms with van der Waals surface area (Å²) in [7, 11) is 4.08. The molecule has 0 amide bonds. The van der Waals surface area contributed by atoms with E-state index in [1.165, 1.54) is 12.3 Å². The van der Waals surface area contributed by atoms with Crippen molar-refractivity contribution in [3.8, 4) is 0 Å². The number of carboxylic acid groups (broad SMARTS) is 1. The lowest BCUT2D eigenvalue weighted by Crippen LogP contribution is -2.31. The van der Waals surface area contributed by atoms with Gasteiger partial charge >= 0.3 is 5.97 Å². The Morgan fingerprint density at radius 2 is 2.33 bits per heavy atom. The Kier molecular flexibility index (Phi) is 3.73. The Hall–Kier alpha value is -1.33. The minimum atomic E-state index is -1.02. The molecule has 0 aliphatic carbocycles. The third kappa shape index (κ3) is 2.42. The van der Waals surface area contributed by atoms with E-state index in [2.05, 4.69) is 9.88 Å². The lowest BCUT2D eigenvalue weighted by Gasteiger charge is -2.22. The molecule has 5 nitrogen and oxygen atoms in total. The van der Waals surface area contributed by atoms with E-state index in [0.29, 0.717) is 11.9 Å². The maximum atomic E-state index is 11.0. The van der Waals surface area contributed by atoms with E-state index >= 15 is 0 Å². The van der Waals surface area contributed by atoms with E-state index in [0.717, 1.165) is 19.5 Å². The molecular formula is C12H16ClN3O2. The summed E-state index contributed by atoms with van der Waals surface area (Å²) in [4.78, 5) is 19.4. The van der Waals surface area contributed by atoms with Crippen molar-refractivity contribution in [3.05, 3.63) is 22.8 Å². The first-order valence-electron chi connectivity index (χ1n) is 5.80. The first kappa shape index (κ1) is 13.1. The van der Waals surface area contributed by atoms with Crippen LogP contribution in [0.15, 0.2) is 12.3 Å². The zero-order valence-corrected chi connectivity index (χ0v) is 11.2. The number of carbonyl (C=O) groups is 1. The summed E-state index contributed by atoms with van der Waals surface area (Å²) in [6, 6.07) is 1.88. The monoisotopic (exact) mass is 269 g/mol. The van der Waals surface area contributed by atoms with Crippen LogP contribution in [0.4, 0.5) is 5.82 Å². The Labute approximate surface area is 111 Å². The second-order valence-electron chi connectivity index (χ2n) is 4.65. The number of hydrogen-bond acceptors (Lipinski definition) is 4. The van der Waals surface area contributed by atoms with Gasteiger partial charge < -0.3 is 14.9 Å². The van der Waals surface area contributed by atoms with E-state index < -0.39 is 5.97 Å². The summed E-state index contributed by atoms with van der Waals surface area (Å²) in [5.74, 6) is -0.451. The van der Waals surface area contributed by atoms with Crippen molar-refractivity contribution in [2.24, 2.45) is 0 Å². The van der Waals surface area contributed by atoms with Crippen molar-refractivity contribution in [2.45, 2.75) is 12.5 Å². The summed E-state index contributed by atoms with van der Waals surface area (Å²) in [6.45, 7) is 1.67. The smallest absolute Gasteiger partial charge is 0.337 e. The number of anilines is 1. The molecule has 18 heavy (non-hydrogen) atoms. The van der Waals surface area contributed by atoms with Crippen LogP contribution >= 0.6 is 11.6 Å². The molecule has 98 valence electrons. The van der Waals surface area contributed by atoms with Gasteiger partial charge in [-0.2, -0.15) is 0 Å². The highest BCUT2D eigenvalue weighted by Crippen LogP contribution is 2.30. The molecule has 1 saturated heterocycles. The van der Waals surface area contributed by atoms with Crippen LogP contribution in [-0.2, 0) is 0 Å². The lowest BCUT2D eigenvalue weighted by molar-refractivity contribution is 0.0697. The number of aromatic carboxylic acids is 1. The van der Waals surface area contributed by atoms with Gasteiger partial charge in [-0.1, -0.05) is 11.6 Å². The maximum Gasteiger partial charge on any atom is 0.337 e. The molecule has 1 aromatic heterocycles. The maximum absolute atomic E-state index is 11.0. The number of carboxylic acids is 1. The largest absolute Gasteiger partial charge is 0.478 e. The van der Waals surface area contributed by atoms with E-state index in [9.17, 15) is 4.79 Å². The fourth-order valence-corrected chi connectivity index (χ4v) is 2.49. The second-order valence-corrected chi connectivity index (χ2v) is 5.03. The highest BCUT2D eigenvalue weighted by molar-refractivity contribution is 6.35. The molecule has 0 saturated carbocycles. The molecule has 1 N–H and O–H groups in total. The molecule has 1 fully saturated rings. The Morgan fingerprint density at radius 3 is 2.89 bits per heavy atom. The second kappa shape index (κ2) is 5.12. The Morgan fingerprint density at radius 1 is 1.61 bits per heavy atom. The zero-order chi connectivity index (χ0) is 13.3. The SMILES string of the molecule is CN(C)C1CCN(c2nccc(C(=O)O)c2Cl)C1. The van der Waals surface area contributed by atoms with Gasteiger partial charge in [0.2, 0.25) is 0 Å². The molecular weight excluding hydrogens is 254 g/mol. The van der Waals surface area contributed by atoms with Crippen LogP contribution in [0.25, 0.3) is 0 Å². The molecule has 0 aromatic carbocycles. The average molecular weight is 270 g/mol. The average Bonchev–Trinajstić information content (AvgIpc) is 2.78. The lowest BCUT2D eigenvalue weighted by atomic mass is 10.2. The van der Waals surface area contributed by atoms with Crippen LogP contribution in [0, 0.1) is 0 Å². The Balaban J connectivity index is 2.25. The topological polar surface area (TPSA) is 56.7 Å². The van der Waals surface area contributed by atoms with Gasteiger partial charge in [0.05, 0.1) is 10.6 Å². The predicted molar refractivity (Wildman–Crippen MR) is 70.5 cm³/mol. The fourth-order valence-electron chi connectivity index (χ4n) is 2.17. The van der Waals surface area contributed by atoms with E-state index in [4.69, 9.17) is 16.7 Å². The van der Waals surface area contributed by atoms with Gasteiger partial charge in [0.25, 0.3) is 0 Å². The number of likely N-dealkylation sites (N-methyl/N-ethyl adjacent to an activating group) is 1. The number of hydrogen-bond donors (Lipinski definition) is 1. The first-order valence-corrected chi connectivity index (χ1v) is 6.17. The molecule has 2 rings (SSSR count). The standard InChI is InChI=1S/C12H16ClN3O2/c1-15(2)8-4-6-16(7-8)11-10(13)9(12(17)18)3-5-14-11/h3,5,8H,4,6-7H2,1-2H3,(H,17,18). The molecule has 1 unspecified atom stereocenters. The molecule has 1 aromatic rings. The van der Waals surface area contributed by atoms with E-state index in [1.807, 2.05) is 19.0 Å². The Bertz CT molecular complexity index is 465. The van der Waals surface area contributed by atoms with Gasteiger partial charge in [0.1, 0.15) is 5.82 Å². The third-order valence-corrected chi connectivity index (χ3v) is 3.67. The molecule has 2 heterocycles. The van der Waals surface area contributed by atoms with Crippen molar-refractivity contribution in [2.75, 3.05) is 32.1 Å². The summed E-state index contributed by atoms with van der Waals surface area (Å²) < 4.78 is 0. The van der Waals surface area contributed by atoms with Crippen LogP contribution in [0.2, 0.25) is 5.02 Å². The van der Waals surface area contributed by atoms with Crippen LogP contribution in [0.3, 0.4) is 0 Å². The van der Waals surface area contributed by atoms with Gasteiger partial charge in [0.15, 0.2) is 0 Å².